The molecular formula is C18H19F3N2O2. The highest BCUT2D eigenvalue weighted by Crippen LogP contribution is 2.27. The van der Waals surface area contributed by atoms with Crippen LogP contribution in [0.5, 0.6) is 0 Å². The first-order valence-electron chi connectivity index (χ1n) is 7.74. The van der Waals surface area contributed by atoms with Crippen molar-refractivity contribution in [2.45, 2.75) is 25.1 Å². The lowest BCUT2D eigenvalue weighted by Gasteiger charge is -2.18. The monoisotopic (exact) mass is 352 g/mol. The number of ether oxygens (including phenoxy) is 1. The van der Waals surface area contributed by atoms with E-state index in [2.05, 4.69) is 10.3 Å². The average molecular weight is 352 g/mol. The summed E-state index contributed by atoms with van der Waals surface area (Å²) in [5, 5.41) is 2.79. The van der Waals surface area contributed by atoms with Gasteiger partial charge in [-0.2, -0.15) is 13.2 Å². The van der Waals surface area contributed by atoms with Gasteiger partial charge in [0.25, 0.3) is 0 Å². The first-order valence-corrected chi connectivity index (χ1v) is 7.74. The molecule has 0 radical (unpaired) electrons. The van der Waals surface area contributed by atoms with Gasteiger partial charge in [-0.1, -0.05) is 36.4 Å². The van der Waals surface area contributed by atoms with E-state index in [1.165, 1.54) is 19.2 Å². The minimum absolute atomic E-state index is 0.0724. The molecule has 1 amide bonds. The second-order valence-corrected chi connectivity index (χ2v) is 5.60. The van der Waals surface area contributed by atoms with Crippen LogP contribution in [-0.2, 0) is 28.5 Å². The predicted octanol–water partition coefficient (Wildman–Crippen LogP) is 3.02. The van der Waals surface area contributed by atoms with Crippen LogP contribution in [0.2, 0.25) is 0 Å². The van der Waals surface area contributed by atoms with Crippen molar-refractivity contribution in [2.24, 2.45) is 0 Å². The molecule has 0 aliphatic heterocycles. The summed E-state index contributed by atoms with van der Waals surface area (Å²) in [5.41, 5.74) is 0.0979. The average Bonchev–Trinajstić information content (AvgIpc) is 2.55. The van der Waals surface area contributed by atoms with E-state index in [0.29, 0.717) is 13.0 Å². The molecule has 7 heteroatoms. The molecule has 4 nitrogen and oxygen atoms in total. The summed E-state index contributed by atoms with van der Waals surface area (Å²) in [6.45, 7) is 0.302. The Labute approximate surface area is 144 Å². The molecule has 1 aromatic carbocycles. The smallest absolute Gasteiger partial charge is 0.383 e. The number of amides is 1. The van der Waals surface area contributed by atoms with Crippen LogP contribution in [0, 0.1) is 0 Å². The summed E-state index contributed by atoms with van der Waals surface area (Å²) >= 11 is 0. The van der Waals surface area contributed by atoms with Crippen LogP contribution in [0.1, 0.15) is 17.0 Å². The number of pyridine rings is 1. The van der Waals surface area contributed by atoms with Gasteiger partial charge in [-0.05, 0) is 24.1 Å². The number of nitrogens with one attached hydrogen (secondary N) is 1. The first kappa shape index (κ1) is 18.9. The van der Waals surface area contributed by atoms with Crippen LogP contribution in [0.4, 0.5) is 13.2 Å². The highest BCUT2D eigenvalue weighted by atomic mass is 19.4. The van der Waals surface area contributed by atoms with E-state index < -0.39 is 17.8 Å². The molecule has 134 valence electrons. The van der Waals surface area contributed by atoms with Crippen molar-refractivity contribution in [1.82, 2.24) is 10.3 Å². The predicted molar refractivity (Wildman–Crippen MR) is 86.9 cm³/mol. The third kappa shape index (κ3) is 6.19. The fourth-order valence-corrected chi connectivity index (χ4v) is 2.43. The number of rotatable bonds is 7. The number of aromatic nitrogens is 1. The summed E-state index contributed by atoms with van der Waals surface area (Å²) in [6, 6.07) is 12.8. The van der Waals surface area contributed by atoms with E-state index in [-0.39, 0.29) is 18.2 Å². The maximum atomic E-state index is 12.7. The zero-order chi connectivity index (χ0) is 18.3. The minimum atomic E-state index is -4.53. The highest BCUT2D eigenvalue weighted by molar-refractivity contribution is 5.78. The Hall–Kier alpha value is -2.41. The van der Waals surface area contributed by atoms with Crippen LogP contribution >= 0.6 is 0 Å². The van der Waals surface area contributed by atoms with Crippen molar-refractivity contribution in [3.63, 3.8) is 0 Å². The normalized spacial score (nSPS) is 12.6. The molecule has 1 N–H and O–H groups in total. The standard InChI is InChI=1S/C18H19F3N2O2/c1-25-12-15(10-13-6-3-2-4-7-13)23-17(24)11-14-8-5-9-16(22-14)18(19,20)21/h2-9,15H,10-12H2,1H3,(H,23,24). The molecule has 2 aromatic rings. The zero-order valence-corrected chi connectivity index (χ0v) is 13.7. The summed E-state index contributed by atoms with van der Waals surface area (Å²) in [7, 11) is 1.53. The maximum Gasteiger partial charge on any atom is 0.433 e. The lowest BCUT2D eigenvalue weighted by atomic mass is 10.1. The second-order valence-electron chi connectivity index (χ2n) is 5.60. The molecule has 0 aliphatic rings. The van der Waals surface area contributed by atoms with Gasteiger partial charge in [-0.3, -0.25) is 4.79 Å². The van der Waals surface area contributed by atoms with E-state index in [1.807, 2.05) is 30.3 Å². The van der Waals surface area contributed by atoms with Crippen LogP contribution in [0.3, 0.4) is 0 Å². The Bertz CT molecular complexity index is 690. The largest absolute Gasteiger partial charge is 0.433 e. The number of carbonyl (C=O) groups excluding carboxylic acids is 1. The van der Waals surface area contributed by atoms with Crippen molar-refractivity contribution in [3.8, 4) is 0 Å². The molecule has 2 rings (SSSR count). The van der Waals surface area contributed by atoms with Crippen molar-refractivity contribution >= 4 is 5.91 Å². The third-order valence-corrected chi connectivity index (χ3v) is 3.50. The molecule has 0 saturated heterocycles. The zero-order valence-electron chi connectivity index (χ0n) is 13.7. The highest BCUT2D eigenvalue weighted by Gasteiger charge is 2.32. The molecule has 0 spiro atoms. The molecule has 1 unspecified atom stereocenters. The third-order valence-electron chi connectivity index (χ3n) is 3.50. The summed E-state index contributed by atoms with van der Waals surface area (Å²) in [5.74, 6) is -0.398. The Balaban J connectivity index is 1.99. The van der Waals surface area contributed by atoms with Gasteiger partial charge in [0, 0.05) is 7.11 Å². The number of methoxy groups -OCH3 is 1. The van der Waals surface area contributed by atoms with Gasteiger partial charge in [0.2, 0.25) is 5.91 Å². The Morgan fingerprint density at radius 2 is 1.88 bits per heavy atom. The fourth-order valence-electron chi connectivity index (χ4n) is 2.43. The molecule has 0 saturated carbocycles. The number of hydrogen-bond donors (Lipinski definition) is 1. The lowest BCUT2D eigenvalue weighted by Crippen LogP contribution is -2.40. The van der Waals surface area contributed by atoms with Crippen molar-refractivity contribution in [2.75, 3.05) is 13.7 Å². The van der Waals surface area contributed by atoms with Crippen LogP contribution < -0.4 is 5.32 Å². The van der Waals surface area contributed by atoms with Gasteiger partial charge in [-0.15, -0.1) is 0 Å². The van der Waals surface area contributed by atoms with E-state index in [9.17, 15) is 18.0 Å². The SMILES string of the molecule is COCC(Cc1ccccc1)NC(=O)Cc1cccc(C(F)(F)F)n1. The quantitative estimate of drug-likeness (QED) is 0.833. The Morgan fingerprint density at radius 3 is 2.52 bits per heavy atom. The molecule has 1 atom stereocenters. The number of alkyl halides is 3. The van der Waals surface area contributed by atoms with Crippen molar-refractivity contribution in [1.29, 1.82) is 0 Å². The molecule has 0 aliphatic carbocycles. The van der Waals surface area contributed by atoms with E-state index in [4.69, 9.17) is 4.74 Å². The molecule has 0 fully saturated rings. The van der Waals surface area contributed by atoms with E-state index >= 15 is 0 Å². The summed E-state index contributed by atoms with van der Waals surface area (Å²) in [6.07, 6.45) is -4.19. The fraction of sp³-hybridized carbons (Fsp3) is 0.333. The van der Waals surface area contributed by atoms with Crippen molar-refractivity contribution < 1.29 is 22.7 Å². The lowest BCUT2D eigenvalue weighted by molar-refractivity contribution is -0.141. The van der Waals surface area contributed by atoms with Gasteiger partial charge < -0.3 is 10.1 Å². The minimum Gasteiger partial charge on any atom is -0.383 e. The second kappa shape index (κ2) is 8.62. The molecule has 0 bridgehead atoms. The van der Waals surface area contributed by atoms with Gasteiger partial charge >= 0.3 is 6.18 Å². The van der Waals surface area contributed by atoms with Gasteiger partial charge in [-0.25, -0.2) is 4.98 Å². The van der Waals surface area contributed by atoms with Crippen LogP contribution in [0.25, 0.3) is 0 Å². The number of hydrogen-bond acceptors (Lipinski definition) is 3. The van der Waals surface area contributed by atoms with Gasteiger partial charge in [0.15, 0.2) is 0 Å². The molecular weight excluding hydrogens is 333 g/mol. The van der Waals surface area contributed by atoms with E-state index in [1.54, 1.807) is 0 Å². The number of benzene rings is 1. The maximum absolute atomic E-state index is 12.7. The number of halogens is 3. The number of nitrogens with zero attached hydrogens (tertiary/aromatic N) is 1. The van der Waals surface area contributed by atoms with Crippen LogP contribution in [0.15, 0.2) is 48.5 Å². The Morgan fingerprint density at radius 1 is 1.16 bits per heavy atom. The van der Waals surface area contributed by atoms with Crippen LogP contribution in [-0.4, -0.2) is 30.6 Å². The molecule has 25 heavy (non-hydrogen) atoms. The summed E-state index contributed by atoms with van der Waals surface area (Å²) < 4.78 is 43.1. The van der Waals surface area contributed by atoms with E-state index in [0.717, 1.165) is 11.6 Å². The van der Waals surface area contributed by atoms with Crippen molar-refractivity contribution in [3.05, 3.63) is 65.5 Å². The molecule has 1 heterocycles. The first-order chi connectivity index (χ1) is 11.9. The summed E-state index contributed by atoms with van der Waals surface area (Å²) in [4.78, 5) is 15.7. The topological polar surface area (TPSA) is 51.2 Å². The Kier molecular flexibility index (Phi) is 6.52. The van der Waals surface area contributed by atoms with Gasteiger partial charge in [0.1, 0.15) is 5.69 Å². The molecule has 1 aromatic heterocycles. The number of carbonyl (C=O) groups is 1. The van der Waals surface area contributed by atoms with Gasteiger partial charge in [0.05, 0.1) is 24.8 Å².